The number of rotatable bonds is 5. The Hall–Kier alpha value is -3.00. The van der Waals surface area contributed by atoms with Crippen LogP contribution < -0.4 is 5.32 Å². The van der Waals surface area contributed by atoms with Crippen LogP contribution in [0.15, 0.2) is 41.8 Å². The van der Waals surface area contributed by atoms with Crippen molar-refractivity contribution in [2.75, 3.05) is 12.4 Å². The molecule has 0 saturated heterocycles. The third-order valence-electron chi connectivity index (χ3n) is 4.66. The highest BCUT2D eigenvalue weighted by Crippen LogP contribution is 2.37. The summed E-state index contributed by atoms with van der Waals surface area (Å²) in [7, 11) is 1.23. The zero-order chi connectivity index (χ0) is 20.3. The number of halogens is 1. The number of carbonyl (C=O) groups excluding carboxylic acids is 2. The van der Waals surface area contributed by atoms with E-state index >= 15 is 0 Å². The molecule has 8 heteroatoms. The summed E-state index contributed by atoms with van der Waals surface area (Å²) in [4.78, 5) is 36.5. The number of hydrogen-bond donors (Lipinski definition) is 2. The van der Waals surface area contributed by atoms with E-state index in [1.54, 1.807) is 17.5 Å². The first kappa shape index (κ1) is 19.8. The van der Waals surface area contributed by atoms with Crippen molar-refractivity contribution in [3.8, 4) is 11.1 Å². The number of ether oxygens (including phenoxy) is 1. The molecule has 0 bridgehead atoms. The first-order chi connectivity index (χ1) is 13.4. The molecule has 1 aliphatic carbocycles. The summed E-state index contributed by atoms with van der Waals surface area (Å²) in [6.07, 6.45) is 4.12. The van der Waals surface area contributed by atoms with Gasteiger partial charge in [-0.15, -0.1) is 11.3 Å². The SMILES string of the molecule is COC(=O)c1c(-c2ccc(F)cc2)csc1NC(=O)[C@H]1CC=CC[C@@H]1C(=O)O. The number of aliphatic carboxylic acids is 1. The number of methoxy groups -OCH3 is 1. The summed E-state index contributed by atoms with van der Waals surface area (Å²) in [5, 5.41) is 14.0. The van der Waals surface area contributed by atoms with Crippen molar-refractivity contribution >= 4 is 34.2 Å². The van der Waals surface area contributed by atoms with Gasteiger partial charge >= 0.3 is 11.9 Å². The number of benzene rings is 1. The molecule has 1 amide bonds. The highest BCUT2D eigenvalue weighted by atomic mass is 32.1. The predicted octanol–water partition coefficient (Wildman–Crippen LogP) is 3.95. The molecular weight excluding hydrogens is 385 g/mol. The second-order valence-corrected chi connectivity index (χ2v) is 7.21. The summed E-state index contributed by atoms with van der Waals surface area (Å²) in [5.74, 6) is -4.09. The number of anilines is 1. The van der Waals surface area contributed by atoms with Gasteiger partial charge in [-0.25, -0.2) is 9.18 Å². The number of esters is 1. The second-order valence-electron chi connectivity index (χ2n) is 6.34. The van der Waals surface area contributed by atoms with E-state index in [2.05, 4.69) is 5.32 Å². The number of nitrogens with one attached hydrogen (secondary N) is 1. The number of carboxylic acid groups (broad SMARTS) is 1. The maximum absolute atomic E-state index is 13.2. The standard InChI is InChI=1S/C20H18FNO5S/c1-27-20(26)16-15(11-6-8-12(21)9-7-11)10-28-18(16)22-17(23)13-4-2-3-5-14(13)19(24)25/h2-3,6-10,13-14H,4-5H2,1H3,(H,22,23)(H,24,25)/t13-,14-/m0/s1. The monoisotopic (exact) mass is 403 g/mol. The fourth-order valence-electron chi connectivity index (χ4n) is 3.18. The highest BCUT2D eigenvalue weighted by Gasteiger charge is 2.35. The Labute approximate surface area is 164 Å². The summed E-state index contributed by atoms with van der Waals surface area (Å²) < 4.78 is 18.1. The summed E-state index contributed by atoms with van der Waals surface area (Å²) in [6.45, 7) is 0. The van der Waals surface area contributed by atoms with Gasteiger partial charge in [-0.1, -0.05) is 24.3 Å². The lowest BCUT2D eigenvalue weighted by Crippen LogP contribution is -2.34. The van der Waals surface area contributed by atoms with Crippen molar-refractivity contribution in [2.45, 2.75) is 12.8 Å². The van der Waals surface area contributed by atoms with E-state index in [9.17, 15) is 23.9 Å². The lowest BCUT2D eigenvalue weighted by molar-refractivity contribution is -0.146. The van der Waals surface area contributed by atoms with Crippen LogP contribution in [0.3, 0.4) is 0 Å². The molecule has 2 aromatic rings. The summed E-state index contributed by atoms with van der Waals surface area (Å²) in [5.41, 5.74) is 1.26. The lowest BCUT2D eigenvalue weighted by Gasteiger charge is -2.24. The molecule has 1 heterocycles. The molecule has 2 N–H and O–H groups in total. The van der Waals surface area contributed by atoms with Gasteiger partial charge in [0.2, 0.25) is 5.91 Å². The zero-order valence-electron chi connectivity index (χ0n) is 15.0. The molecule has 146 valence electrons. The van der Waals surface area contributed by atoms with Gasteiger partial charge in [0.1, 0.15) is 16.4 Å². The van der Waals surface area contributed by atoms with E-state index in [0.717, 1.165) is 11.3 Å². The third kappa shape index (κ3) is 3.96. The first-order valence-corrected chi connectivity index (χ1v) is 9.44. The Balaban J connectivity index is 1.92. The van der Waals surface area contributed by atoms with Crippen LogP contribution in [0.5, 0.6) is 0 Å². The molecule has 2 atom stereocenters. The van der Waals surface area contributed by atoms with Crippen molar-refractivity contribution in [1.82, 2.24) is 0 Å². The van der Waals surface area contributed by atoms with E-state index in [1.165, 1.54) is 31.4 Å². The van der Waals surface area contributed by atoms with Crippen LogP contribution in [0.1, 0.15) is 23.2 Å². The Kier molecular flexibility index (Phi) is 5.89. The van der Waals surface area contributed by atoms with Crippen molar-refractivity contribution in [2.24, 2.45) is 11.8 Å². The van der Waals surface area contributed by atoms with Gasteiger partial charge in [0.05, 0.1) is 18.9 Å². The molecular formula is C20H18FNO5S. The van der Waals surface area contributed by atoms with Crippen LogP contribution in [0, 0.1) is 17.7 Å². The quantitative estimate of drug-likeness (QED) is 0.583. The number of amides is 1. The zero-order valence-corrected chi connectivity index (χ0v) is 15.8. The van der Waals surface area contributed by atoms with E-state index in [-0.39, 0.29) is 17.0 Å². The van der Waals surface area contributed by atoms with Crippen LogP contribution in [0.2, 0.25) is 0 Å². The highest BCUT2D eigenvalue weighted by molar-refractivity contribution is 7.15. The molecule has 0 unspecified atom stereocenters. The fourth-order valence-corrected chi connectivity index (χ4v) is 4.14. The van der Waals surface area contributed by atoms with E-state index in [0.29, 0.717) is 17.5 Å². The molecule has 6 nitrogen and oxygen atoms in total. The largest absolute Gasteiger partial charge is 0.481 e. The fraction of sp³-hybridized carbons (Fsp3) is 0.250. The average Bonchev–Trinajstić information content (AvgIpc) is 3.11. The van der Waals surface area contributed by atoms with E-state index < -0.39 is 35.5 Å². The third-order valence-corrected chi connectivity index (χ3v) is 5.55. The van der Waals surface area contributed by atoms with Gasteiger partial charge in [-0.3, -0.25) is 9.59 Å². The van der Waals surface area contributed by atoms with Crippen LogP contribution >= 0.6 is 11.3 Å². The average molecular weight is 403 g/mol. The van der Waals surface area contributed by atoms with Crippen molar-refractivity contribution in [1.29, 1.82) is 0 Å². The van der Waals surface area contributed by atoms with Gasteiger partial charge in [0, 0.05) is 10.9 Å². The van der Waals surface area contributed by atoms with Gasteiger partial charge < -0.3 is 15.2 Å². The Bertz CT molecular complexity index is 935. The first-order valence-electron chi connectivity index (χ1n) is 8.56. The number of hydrogen-bond acceptors (Lipinski definition) is 5. The molecule has 1 aliphatic rings. The normalized spacial score (nSPS) is 18.5. The number of allylic oxidation sites excluding steroid dienone is 2. The Morgan fingerprint density at radius 2 is 1.79 bits per heavy atom. The summed E-state index contributed by atoms with van der Waals surface area (Å²) in [6, 6.07) is 5.61. The molecule has 1 aromatic heterocycles. The van der Waals surface area contributed by atoms with Crippen molar-refractivity contribution < 1.29 is 28.6 Å². The van der Waals surface area contributed by atoms with Gasteiger partial charge in [0.15, 0.2) is 0 Å². The minimum atomic E-state index is -1.03. The smallest absolute Gasteiger partial charge is 0.341 e. The Morgan fingerprint density at radius 1 is 1.14 bits per heavy atom. The van der Waals surface area contributed by atoms with Gasteiger partial charge in [-0.05, 0) is 30.5 Å². The van der Waals surface area contributed by atoms with Crippen LogP contribution in [-0.4, -0.2) is 30.1 Å². The van der Waals surface area contributed by atoms with Gasteiger partial charge in [-0.2, -0.15) is 0 Å². The molecule has 0 saturated carbocycles. The van der Waals surface area contributed by atoms with Gasteiger partial charge in [0.25, 0.3) is 0 Å². The summed E-state index contributed by atoms with van der Waals surface area (Å²) >= 11 is 1.13. The van der Waals surface area contributed by atoms with Crippen LogP contribution in [0.4, 0.5) is 9.39 Å². The molecule has 0 radical (unpaired) electrons. The second kappa shape index (κ2) is 8.35. The maximum Gasteiger partial charge on any atom is 0.341 e. The molecule has 0 aliphatic heterocycles. The minimum Gasteiger partial charge on any atom is -0.481 e. The Morgan fingerprint density at radius 3 is 2.39 bits per heavy atom. The number of carbonyl (C=O) groups is 3. The van der Waals surface area contributed by atoms with Crippen molar-refractivity contribution in [3.63, 3.8) is 0 Å². The molecule has 28 heavy (non-hydrogen) atoms. The molecule has 0 fully saturated rings. The van der Waals surface area contributed by atoms with Crippen LogP contribution in [-0.2, 0) is 14.3 Å². The predicted molar refractivity (Wildman–Crippen MR) is 103 cm³/mol. The number of carboxylic acids is 1. The number of thiophene rings is 1. The topological polar surface area (TPSA) is 92.7 Å². The minimum absolute atomic E-state index is 0.158. The molecule has 0 spiro atoms. The maximum atomic E-state index is 13.2. The molecule has 3 rings (SSSR count). The van der Waals surface area contributed by atoms with E-state index in [1.807, 2.05) is 0 Å². The lowest BCUT2D eigenvalue weighted by atomic mass is 9.82. The van der Waals surface area contributed by atoms with Crippen molar-refractivity contribution in [3.05, 3.63) is 53.2 Å². The molecule has 1 aromatic carbocycles. The van der Waals surface area contributed by atoms with E-state index in [4.69, 9.17) is 4.74 Å². The van der Waals surface area contributed by atoms with Crippen LogP contribution in [0.25, 0.3) is 11.1 Å².